The summed E-state index contributed by atoms with van der Waals surface area (Å²) in [6.07, 6.45) is 4.23. The van der Waals surface area contributed by atoms with E-state index in [1.165, 1.54) is 19.3 Å². The van der Waals surface area contributed by atoms with Gasteiger partial charge in [-0.1, -0.05) is 48.0 Å². The normalized spacial score (nSPS) is 30.8. The second kappa shape index (κ2) is 4.36. The van der Waals surface area contributed by atoms with Crippen LogP contribution in [0, 0.1) is 23.2 Å². The summed E-state index contributed by atoms with van der Waals surface area (Å²) in [5.41, 5.74) is 0.534. The Bertz CT molecular complexity index is 209. The van der Waals surface area contributed by atoms with Gasteiger partial charge < -0.3 is 0 Å². The highest BCUT2D eigenvalue weighted by molar-refractivity contribution is 7.19. The molecule has 2 atom stereocenters. The van der Waals surface area contributed by atoms with Gasteiger partial charge in [0.1, 0.15) is 0 Å². The monoisotopic (exact) mass is 228 g/mol. The molecule has 0 nitrogen and oxygen atoms in total. The fourth-order valence-electron chi connectivity index (χ4n) is 4.28. The molecule has 1 rings (SSSR count). The molecule has 0 aromatic heterocycles. The maximum atomic E-state index is 3.25. The molecule has 0 radical (unpaired) electrons. The first-order valence-corrected chi connectivity index (χ1v) is 7.15. The van der Waals surface area contributed by atoms with Gasteiger partial charge in [0.05, 0.1) is 0 Å². The SMILES string of the molecule is CC(C)C1(P)CCCC1(C(C)C)C(C)C. The van der Waals surface area contributed by atoms with E-state index in [-0.39, 0.29) is 0 Å². The van der Waals surface area contributed by atoms with Crippen LogP contribution < -0.4 is 0 Å². The lowest BCUT2D eigenvalue weighted by Crippen LogP contribution is -2.49. The number of hydrogen-bond donors (Lipinski definition) is 0. The minimum absolute atomic E-state index is 0.468. The maximum absolute atomic E-state index is 3.25. The van der Waals surface area contributed by atoms with Crippen molar-refractivity contribution in [2.45, 2.75) is 66.0 Å². The van der Waals surface area contributed by atoms with Gasteiger partial charge in [0.25, 0.3) is 0 Å². The van der Waals surface area contributed by atoms with E-state index in [1.54, 1.807) is 0 Å². The first kappa shape index (κ1) is 13.5. The van der Waals surface area contributed by atoms with Crippen molar-refractivity contribution in [3.05, 3.63) is 0 Å². The van der Waals surface area contributed by atoms with E-state index < -0.39 is 0 Å². The Morgan fingerprint density at radius 3 is 1.53 bits per heavy atom. The zero-order chi connectivity index (χ0) is 11.9. The Balaban J connectivity index is 3.17. The average molecular weight is 228 g/mol. The lowest BCUT2D eigenvalue weighted by molar-refractivity contribution is 0.0570. The molecule has 90 valence electrons. The van der Waals surface area contributed by atoms with Gasteiger partial charge in [0.2, 0.25) is 0 Å². The molecule has 0 N–H and O–H groups in total. The van der Waals surface area contributed by atoms with Gasteiger partial charge in [-0.25, -0.2) is 0 Å². The van der Waals surface area contributed by atoms with Crippen LogP contribution in [0.3, 0.4) is 0 Å². The third-order valence-electron chi connectivity index (χ3n) is 5.14. The van der Waals surface area contributed by atoms with Crippen molar-refractivity contribution in [3.8, 4) is 0 Å². The van der Waals surface area contributed by atoms with Crippen LogP contribution >= 0.6 is 9.24 Å². The van der Waals surface area contributed by atoms with Gasteiger partial charge in [-0.15, -0.1) is 9.24 Å². The van der Waals surface area contributed by atoms with E-state index in [1.807, 2.05) is 0 Å². The third kappa shape index (κ3) is 1.78. The van der Waals surface area contributed by atoms with Gasteiger partial charge in [0, 0.05) is 0 Å². The van der Waals surface area contributed by atoms with E-state index in [0.717, 1.165) is 17.8 Å². The fourth-order valence-corrected chi connectivity index (χ4v) is 5.30. The summed E-state index contributed by atoms with van der Waals surface area (Å²) in [7, 11) is 3.25. The first-order chi connectivity index (χ1) is 6.79. The van der Waals surface area contributed by atoms with Gasteiger partial charge >= 0.3 is 0 Å². The van der Waals surface area contributed by atoms with E-state index in [4.69, 9.17) is 0 Å². The van der Waals surface area contributed by atoms with Crippen molar-refractivity contribution in [2.75, 3.05) is 0 Å². The Labute approximate surface area is 98.8 Å². The maximum Gasteiger partial charge on any atom is -0.00662 e. The molecule has 0 spiro atoms. The van der Waals surface area contributed by atoms with Crippen molar-refractivity contribution in [1.82, 2.24) is 0 Å². The zero-order valence-electron chi connectivity index (χ0n) is 11.4. The molecular weight excluding hydrogens is 199 g/mol. The van der Waals surface area contributed by atoms with Gasteiger partial charge in [-0.3, -0.25) is 0 Å². The molecule has 0 bridgehead atoms. The van der Waals surface area contributed by atoms with Gasteiger partial charge in [0.15, 0.2) is 0 Å². The van der Waals surface area contributed by atoms with E-state index in [9.17, 15) is 0 Å². The molecule has 0 amide bonds. The molecule has 0 aliphatic heterocycles. The van der Waals surface area contributed by atoms with Crippen molar-refractivity contribution in [1.29, 1.82) is 0 Å². The topological polar surface area (TPSA) is 0 Å². The molecule has 0 saturated heterocycles. The van der Waals surface area contributed by atoms with E-state index in [0.29, 0.717) is 10.6 Å². The Kier molecular flexibility index (Phi) is 3.92. The summed E-state index contributed by atoms with van der Waals surface area (Å²) in [6.45, 7) is 14.5. The minimum Gasteiger partial charge on any atom is -0.130 e. The van der Waals surface area contributed by atoms with Crippen LogP contribution in [0.2, 0.25) is 0 Å². The molecule has 2 unspecified atom stereocenters. The first-order valence-electron chi connectivity index (χ1n) is 6.58. The molecular formula is C14H29P. The van der Waals surface area contributed by atoms with E-state index in [2.05, 4.69) is 50.8 Å². The van der Waals surface area contributed by atoms with Crippen LogP contribution in [0.5, 0.6) is 0 Å². The van der Waals surface area contributed by atoms with Crippen LogP contribution in [0.4, 0.5) is 0 Å². The summed E-state index contributed by atoms with van der Waals surface area (Å²) in [5, 5.41) is 0.468. The molecule has 1 fully saturated rings. The Hall–Kier alpha value is 0.430. The second-order valence-corrected chi connectivity index (χ2v) is 7.43. The largest absolute Gasteiger partial charge is 0.130 e. The highest BCUT2D eigenvalue weighted by Gasteiger charge is 2.56. The van der Waals surface area contributed by atoms with Gasteiger partial charge in [-0.2, -0.15) is 0 Å². The van der Waals surface area contributed by atoms with Crippen molar-refractivity contribution in [3.63, 3.8) is 0 Å². The third-order valence-corrected chi connectivity index (χ3v) is 6.63. The van der Waals surface area contributed by atoms with Crippen LogP contribution in [0.1, 0.15) is 60.8 Å². The summed E-state index contributed by atoms with van der Waals surface area (Å²) in [6, 6.07) is 0. The van der Waals surface area contributed by atoms with Crippen LogP contribution in [0.25, 0.3) is 0 Å². The summed E-state index contributed by atoms with van der Waals surface area (Å²) < 4.78 is 0. The molecule has 15 heavy (non-hydrogen) atoms. The summed E-state index contributed by atoms with van der Waals surface area (Å²) >= 11 is 0. The Morgan fingerprint density at radius 2 is 1.27 bits per heavy atom. The standard InChI is InChI=1S/C14H29P/c1-10(2)13(11(3)4)8-7-9-14(13,15)12(5)6/h10-12H,7-9,15H2,1-6H3. The lowest BCUT2D eigenvalue weighted by atomic mass is 9.59. The highest BCUT2D eigenvalue weighted by Crippen LogP contribution is 2.63. The van der Waals surface area contributed by atoms with Gasteiger partial charge in [-0.05, 0) is 41.2 Å². The zero-order valence-corrected chi connectivity index (χ0v) is 12.6. The van der Waals surface area contributed by atoms with Crippen molar-refractivity contribution >= 4 is 9.24 Å². The predicted octanol–water partition coefficient (Wildman–Crippen LogP) is 4.74. The summed E-state index contributed by atoms with van der Waals surface area (Å²) in [5.74, 6) is 2.36. The number of rotatable bonds is 3. The molecule has 0 aromatic rings. The smallest absolute Gasteiger partial charge is 0.00662 e. The molecule has 1 aliphatic carbocycles. The molecule has 0 aromatic carbocycles. The quantitative estimate of drug-likeness (QED) is 0.612. The van der Waals surface area contributed by atoms with Crippen LogP contribution in [-0.2, 0) is 0 Å². The van der Waals surface area contributed by atoms with Crippen molar-refractivity contribution < 1.29 is 0 Å². The average Bonchev–Trinajstić information content (AvgIpc) is 2.44. The predicted molar refractivity (Wildman–Crippen MR) is 73.2 cm³/mol. The second-order valence-electron chi connectivity index (χ2n) is 6.40. The number of hydrogen-bond acceptors (Lipinski definition) is 0. The summed E-state index contributed by atoms with van der Waals surface area (Å²) in [4.78, 5) is 0. The molecule has 1 heteroatoms. The van der Waals surface area contributed by atoms with Crippen molar-refractivity contribution in [2.24, 2.45) is 23.2 Å². The van der Waals surface area contributed by atoms with Crippen LogP contribution in [-0.4, -0.2) is 5.16 Å². The fraction of sp³-hybridized carbons (Fsp3) is 1.00. The molecule has 1 aliphatic rings. The lowest BCUT2D eigenvalue weighted by Gasteiger charge is -2.52. The molecule has 0 heterocycles. The Morgan fingerprint density at radius 1 is 0.800 bits per heavy atom. The minimum atomic E-state index is 0.468. The van der Waals surface area contributed by atoms with E-state index >= 15 is 0 Å². The molecule has 1 saturated carbocycles. The highest BCUT2D eigenvalue weighted by atomic mass is 31.0. The van der Waals surface area contributed by atoms with Crippen LogP contribution in [0.15, 0.2) is 0 Å².